The van der Waals surface area contributed by atoms with Crippen molar-refractivity contribution in [3.8, 4) is 0 Å². The van der Waals surface area contributed by atoms with Crippen LogP contribution in [0.25, 0.3) is 11.2 Å². The van der Waals surface area contributed by atoms with Crippen molar-refractivity contribution in [3.63, 3.8) is 0 Å². The minimum Gasteiger partial charge on any atom is -0.369 e. The van der Waals surface area contributed by atoms with Gasteiger partial charge in [-0.15, -0.1) is 0 Å². The average Bonchev–Trinajstić information content (AvgIpc) is 2.89. The van der Waals surface area contributed by atoms with Gasteiger partial charge >= 0.3 is 0 Å². The van der Waals surface area contributed by atoms with Crippen LogP contribution in [0.5, 0.6) is 0 Å². The quantitative estimate of drug-likeness (QED) is 0.862. The van der Waals surface area contributed by atoms with E-state index in [1.165, 1.54) is 18.6 Å². The molecule has 0 spiro atoms. The van der Waals surface area contributed by atoms with E-state index < -0.39 is 0 Å². The second-order valence-corrected chi connectivity index (χ2v) is 5.47. The molecule has 4 nitrogen and oxygen atoms in total. The molecule has 5 heteroatoms. The molecule has 1 aliphatic rings. The first kappa shape index (κ1) is 9.96. The Morgan fingerprint density at radius 3 is 3.31 bits per heavy atom. The topological polar surface area (TPSA) is 56.7 Å². The molecule has 0 amide bonds. The highest BCUT2D eigenvalue weighted by Gasteiger charge is 2.19. The number of pyridine rings is 1. The number of hydrogen-bond donors (Lipinski definition) is 1. The number of anilines is 1. The summed E-state index contributed by atoms with van der Waals surface area (Å²) in [6.45, 7) is 0.935. The van der Waals surface area contributed by atoms with E-state index in [9.17, 15) is 0 Å². The molecule has 0 aromatic carbocycles. The Morgan fingerprint density at radius 2 is 2.50 bits per heavy atom. The first-order valence-corrected chi connectivity index (χ1v) is 6.58. The molecule has 2 aromatic rings. The van der Waals surface area contributed by atoms with Crippen LogP contribution in [0.4, 0.5) is 5.95 Å². The van der Waals surface area contributed by atoms with Gasteiger partial charge in [0.05, 0.1) is 0 Å². The SMILES string of the molecule is Nc1nc2cccnc2n1CC1CCCS1. The molecule has 2 aromatic heterocycles. The normalized spacial score (nSPS) is 20.6. The van der Waals surface area contributed by atoms with Crippen LogP contribution >= 0.6 is 11.8 Å². The molecule has 3 rings (SSSR count). The lowest BCUT2D eigenvalue weighted by molar-refractivity contribution is 0.654. The molecule has 16 heavy (non-hydrogen) atoms. The van der Waals surface area contributed by atoms with Gasteiger partial charge < -0.3 is 5.73 Å². The fourth-order valence-electron chi connectivity index (χ4n) is 2.15. The second-order valence-electron chi connectivity index (χ2n) is 4.06. The number of nitrogens with two attached hydrogens (primary N) is 1. The predicted octanol–water partition coefficient (Wildman–Crippen LogP) is 1.91. The minimum atomic E-state index is 0.584. The molecule has 1 unspecified atom stereocenters. The molecule has 0 bridgehead atoms. The first-order chi connectivity index (χ1) is 7.84. The van der Waals surface area contributed by atoms with E-state index in [0.717, 1.165) is 17.7 Å². The third-order valence-electron chi connectivity index (χ3n) is 2.94. The Labute approximate surface area is 98.3 Å². The molecule has 1 saturated heterocycles. The highest BCUT2D eigenvalue weighted by Crippen LogP contribution is 2.29. The fourth-order valence-corrected chi connectivity index (χ4v) is 3.40. The monoisotopic (exact) mass is 234 g/mol. The molecule has 2 N–H and O–H groups in total. The number of thioether (sulfide) groups is 1. The summed E-state index contributed by atoms with van der Waals surface area (Å²) in [5, 5.41) is 0.668. The van der Waals surface area contributed by atoms with Gasteiger partial charge in [0, 0.05) is 18.0 Å². The first-order valence-electron chi connectivity index (χ1n) is 5.53. The van der Waals surface area contributed by atoms with E-state index in [2.05, 4.69) is 9.97 Å². The lowest BCUT2D eigenvalue weighted by atomic mass is 10.2. The van der Waals surface area contributed by atoms with Gasteiger partial charge in [-0.25, -0.2) is 9.97 Å². The van der Waals surface area contributed by atoms with Crippen LogP contribution in [-0.2, 0) is 6.54 Å². The Kier molecular flexibility index (Phi) is 2.47. The van der Waals surface area contributed by atoms with E-state index in [1.54, 1.807) is 6.20 Å². The fraction of sp³-hybridized carbons (Fsp3) is 0.455. The number of nitrogens with zero attached hydrogens (tertiary/aromatic N) is 3. The Bertz CT molecular complexity index is 502. The van der Waals surface area contributed by atoms with Crippen LogP contribution in [0.1, 0.15) is 12.8 Å². The van der Waals surface area contributed by atoms with Crippen molar-refractivity contribution in [3.05, 3.63) is 18.3 Å². The summed E-state index contributed by atoms with van der Waals surface area (Å²) in [6.07, 6.45) is 4.38. The van der Waals surface area contributed by atoms with Gasteiger partial charge in [0.25, 0.3) is 0 Å². The molecule has 84 valence electrons. The summed E-state index contributed by atoms with van der Waals surface area (Å²) < 4.78 is 2.04. The average molecular weight is 234 g/mol. The van der Waals surface area contributed by atoms with Gasteiger partial charge in [-0.3, -0.25) is 4.57 Å². The molecule has 1 fully saturated rings. The Morgan fingerprint density at radius 1 is 1.56 bits per heavy atom. The lowest BCUT2D eigenvalue weighted by Crippen LogP contribution is -2.12. The third-order valence-corrected chi connectivity index (χ3v) is 4.32. The van der Waals surface area contributed by atoms with Crippen LogP contribution in [0, 0.1) is 0 Å². The van der Waals surface area contributed by atoms with Crippen molar-refractivity contribution < 1.29 is 0 Å². The van der Waals surface area contributed by atoms with Gasteiger partial charge in [0.2, 0.25) is 5.95 Å². The summed E-state index contributed by atoms with van der Waals surface area (Å²) in [4.78, 5) is 8.68. The van der Waals surface area contributed by atoms with E-state index >= 15 is 0 Å². The molecular weight excluding hydrogens is 220 g/mol. The maximum absolute atomic E-state index is 5.93. The summed E-state index contributed by atoms with van der Waals surface area (Å²) in [5.74, 6) is 1.85. The van der Waals surface area contributed by atoms with Crippen LogP contribution < -0.4 is 5.73 Å². The van der Waals surface area contributed by atoms with Gasteiger partial charge in [0.1, 0.15) is 5.52 Å². The molecule has 1 aliphatic heterocycles. The van der Waals surface area contributed by atoms with E-state index in [4.69, 9.17) is 5.73 Å². The number of rotatable bonds is 2. The number of nitrogen functional groups attached to an aromatic ring is 1. The smallest absolute Gasteiger partial charge is 0.202 e. The number of fused-ring (bicyclic) bond motifs is 1. The van der Waals surface area contributed by atoms with Crippen LogP contribution in [-0.4, -0.2) is 25.5 Å². The van der Waals surface area contributed by atoms with E-state index in [1.807, 2.05) is 28.5 Å². The minimum absolute atomic E-state index is 0.584. The molecule has 0 saturated carbocycles. The van der Waals surface area contributed by atoms with Gasteiger partial charge in [-0.05, 0) is 30.7 Å². The molecular formula is C11H14N4S. The van der Waals surface area contributed by atoms with Crippen molar-refractivity contribution in [2.45, 2.75) is 24.6 Å². The molecule has 3 heterocycles. The molecule has 0 aliphatic carbocycles. The zero-order chi connectivity index (χ0) is 11.0. The maximum atomic E-state index is 5.93. The molecule has 0 radical (unpaired) electrons. The van der Waals surface area contributed by atoms with Crippen molar-refractivity contribution in [1.29, 1.82) is 0 Å². The molecule has 1 atom stereocenters. The number of hydrogen-bond acceptors (Lipinski definition) is 4. The summed E-state index contributed by atoms with van der Waals surface area (Å²) in [6, 6.07) is 3.85. The van der Waals surface area contributed by atoms with Gasteiger partial charge in [0.15, 0.2) is 5.65 Å². The summed E-state index contributed by atoms with van der Waals surface area (Å²) >= 11 is 2.03. The number of imidazole rings is 1. The van der Waals surface area contributed by atoms with Crippen LogP contribution in [0.15, 0.2) is 18.3 Å². The zero-order valence-electron chi connectivity index (χ0n) is 8.97. The van der Waals surface area contributed by atoms with Gasteiger partial charge in [-0.1, -0.05) is 0 Å². The van der Waals surface area contributed by atoms with Crippen LogP contribution in [0.2, 0.25) is 0 Å². The third kappa shape index (κ3) is 1.65. The van der Waals surface area contributed by atoms with Crippen molar-refractivity contribution >= 4 is 28.9 Å². The highest BCUT2D eigenvalue weighted by atomic mass is 32.2. The predicted molar refractivity (Wildman–Crippen MR) is 67.4 cm³/mol. The van der Waals surface area contributed by atoms with Crippen molar-refractivity contribution in [2.75, 3.05) is 11.5 Å². The Hall–Kier alpha value is -1.23. The second kappa shape index (κ2) is 3.97. The lowest BCUT2D eigenvalue weighted by Gasteiger charge is -2.10. The largest absolute Gasteiger partial charge is 0.369 e. The van der Waals surface area contributed by atoms with Crippen molar-refractivity contribution in [2.24, 2.45) is 0 Å². The maximum Gasteiger partial charge on any atom is 0.202 e. The van der Waals surface area contributed by atoms with E-state index in [0.29, 0.717) is 11.2 Å². The summed E-state index contributed by atoms with van der Waals surface area (Å²) in [5.41, 5.74) is 7.74. The van der Waals surface area contributed by atoms with Gasteiger partial charge in [-0.2, -0.15) is 11.8 Å². The Balaban J connectivity index is 1.98. The zero-order valence-corrected chi connectivity index (χ0v) is 9.78. The highest BCUT2D eigenvalue weighted by molar-refractivity contribution is 8.00. The standard InChI is InChI=1S/C11H14N4S/c12-11-14-9-4-1-5-13-10(9)15(11)7-8-3-2-6-16-8/h1,4-5,8H,2-3,6-7H2,(H2,12,14). The summed E-state index contributed by atoms with van der Waals surface area (Å²) in [7, 11) is 0. The van der Waals surface area contributed by atoms with Crippen molar-refractivity contribution in [1.82, 2.24) is 14.5 Å². The van der Waals surface area contributed by atoms with E-state index in [-0.39, 0.29) is 0 Å². The number of aromatic nitrogens is 3. The van der Waals surface area contributed by atoms with Crippen LogP contribution in [0.3, 0.4) is 0 Å².